The van der Waals surface area contributed by atoms with Crippen LogP contribution in [0, 0.1) is 0 Å². The van der Waals surface area contributed by atoms with Gasteiger partial charge in [0.2, 0.25) is 11.8 Å². The summed E-state index contributed by atoms with van der Waals surface area (Å²) in [6.45, 7) is 7.49. The lowest BCUT2D eigenvalue weighted by Crippen LogP contribution is -2.54. The zero-order valence-electron chi connectivity index (χ0n) is 11.9. The molecule has 0 aromatic heterocycles. The highest BCUT2D eigenvalue weighted by Crippen LogP contribution is 2.11. The van der Waals surface area contributed by atoms with Gasteiger partial charge in [-0.15, -0.1) is 12.4 Å². The van der Waals surface area contributed by atoms with Crippen LogP contribution < -0.4 is 11.1 Å². The van der Waals surface area contributed by atoms with Crippen LogP contribution in [0.1, 0.15) is 40.5 Å². The van der Waals surface area contributed by atoms with Crippen molar-refractivity contribution in [2.24, 2.45) is 5.73 Å². The van der Waals surface area contributed by atoms with Crippen LogP contribution in [0.3, 0.4) is 0 Å². The van der Waals surface area contributed by atoms with Crippen molar-refractivity contribution in [1.82, 2.24) is 10.2 Å². The van der Waals surface area contributed by atoms with Gasteiger partial charge >= 0.3 is 0 Å². The van der Waals surface area contributed by atoms with E-state index in [1.165, 1.54) is 4.90 Å². The van der Waals surface area contributed by atoms with Gasteiger partial charge in [-0.2, -0.15) is 0 Å². The van der Waals surface area contributed by atoms with Crippen LogP contribution >= 0.6 is 12.4 Å². The summed E-state index contributed by atoms with van der Waals surface area (Å²) in [7, 11) is 1.60. The predicted molar refractivity (Wildman–Crippen MR) is 75.7 cm³/mol. The molecule has 0 aliphatic rings. The third kappa shape index (κ3) is 6.81. The number of nitrogens with two attached hydrogens (primary N) is 1. The number of halogens is 1. The minimum atomic E-state index is -0.887. The van der Waals surface area contributed by atoms with Crippen LogP contribution in [-0.2, 0) is 9.59 Å². The summed E-state index contributed by atoms with van der Waals surface area (Å²) in [6.07, 6.45) is 1.45. The van der Waals surface area contributed by atoms with E-state index >= 15 is 0 Å². The molecule has 0 saturated carbocycles. The van der Waals surface area contributed by atoms with E-state index in [-0.39, 0.29) is 36.8 Å². The first kappa shape index (κ1) is 19.5. The van der Waals surface area contributed by atoms with Gasteiger partial charge in [0.25, 0.3) is 0 Å². The van der Waals surface area contributed by atoms with Gasteiger partial charge in [0.1, 0.15) is 0 Å². The van der Waals surface area contributed by atoms with E-state index in [4.69, 9.17) is 5.73 Å². The molecule has 3 N–H and O–H groups in total. The molecule has 2 amide bonds. The molecule has 0 heterocycles. The van der Waals surface area contributed by atoms with E-state index in [0.717, 1.165) is 6.42 Å². The normalized spacial score (nSPS) is 13.5. The number of nitrogens with zero attached hydrogens (tertiary/aromatic N) is 1. The fourth-order valence-electron chi connectivity index (χ4n) is 1.72. The Bertz CT molecular complexity index is 280. The number of rotatable bonds is 6. The van der Waals surface area contributed by atoms with Crippen molar-refractivity contribution in [3.63, 3.8) is 0 Å². The highest BCUT2D eigenvalue weighted by Gasteiger charge is 2.30. The van der Waals surface area contributed by atoms with Crippen molar-refractivity contribution in [3.8, 4) is 0 Å². The number of hydrogen-bond donors (Lipinski definition) is 2. The molecule has 0 aliphatic heterocycles. The van der Waals surface area contributed by atoms with Crippen molar-refractivity contribution in [2.75, 3.05) is 13.6 Å². The molecule has 0 bridgehead atoms. The maximum absolute atomic E-state index is 12.0. The minimum Gasteiger partial charge on any atom is -0.352 e. The van der Waals surface area contributed by atoms with Gasteiger partial charge in [0, 0.05) is 13.1 Å². The SMILES string of the molecule is CCCC(C)(N)C(=O)N(C)CC(=O)NC(C)C.Cl. The van der Waals surface area contributed by atoms with Gasteiger partial charge in [-0.05, 0) is 27.2 Å². The second-order valence-electron chi connectivity index (χ2n) is 5.05. The van der Waals surface area contributed by atoms with E-state index in [0.29, 0.717) is 6.42 Å². The Hall–Kier alpha value is -0.810. The van der Waals surface area contributed by atoms with Gasteiger partial charge in [-0.25, -0.2) is 0 Å². The second kappa shape index (κ2) is 8.32. The zero-order valence-corrected chi connectivity index (χ0v) is 12.8. The molecule has 0 spiro atoms. The monoisotopic (exact) mass is 279 g/mol. The van der Waals surface area contributed by atoms with Crippen LogP contribution in [0.15, 0.2) is 0 Å². The maximum atomic E-state index is 12.0. The first-order valence-electron chi connectivity index (χ1n) is 6.04. The molecule has 18 heavy (non-hydrogen) atoms. The summed E-state index contributed by atoms with van der Waals surface area (Å²) >= 11 is 0. The Balaban J connectivity index is 0. The summed E-state index contributed by atoms with van der Waals surface area (Å²) in [4.78, 5) is 24.9. The number of nitrogens with one attached hydrogen (secondary N) is 1. The highest BCUT2D eigenvalue weighted by molar-refractivity contribution is 5.89. The van der Waals surface area contributed by atoms with Crippen molar-refractivity contribution in [3.05, 3.63) is 0 Å². The maximum Gasteiger partial charge on any atom is 0.242 e. The molecule has 0 radical (unpaired) electrons. The molecule has 5 nitrogen and oxygen atoms in total. The molecule has 108 valence electrons. The number of amides is 2. The van der Waals surface area contributed by atoms with Gasteiger partial charge in [-0.1, -0.05) is 13.3 Å². The molecule has 6 heteroatoms. The number of carbonyl (C=O) groups excluding carboxylic acids is 2. The second-order valence-corrected chi connectivity index (χ2v) is 5.05. The fourth-order valence-corrected chi connectivity index (χ4v) is 1.72. The topological polar surface area (TPSA) is 75.4 Å². The van der Waals surface area contributed by atoms with E-state index in [1.807, 2.05) is 20.8 Å². The van der Waals surface area contributed by atoms with Gasteiger partial charge < -0.3 is 16.0 Å². The number of hydrogen-bond acceptors (Lipinski definition) is 3. The third-order valence-corrected chi connectivity index (χ3v) is 2.44. The molecule has 1 unspecified atom stereocenters. The first-order chi connectivity index (χ1) is 7.70. The Morgan fingerprint density at radius 2 is 1.89 bits per heavy atom. The predicted octanol–water partition coefficient (Wildman–Crippen LogP) is 0.909. The molecule has 1 atom stereocenters. The molecule has 0 saturated heterocycles. The molecule has 0 aromatic rings. The van der Waals surface area contributed by atoms with Crippen LogP contribution in [0.2, 0.25) is 0 Å². The van der Waals surface area contributed by atoms with Gasteiger partial charge in [-0.3, -0.25) is 9.59 Å². The third-order valence-electron chi connectivity index (χ3n) is 2.44. The molecule has 0 aliphatic carbocycles. The lowest BCUT2D eigenvalue weighted by molar-refractivity contribution is -0.139. The first-order valence-corrected chi connectivity index (χ1v) is 6.04. The van der Waals surface area contributed by atoms with Crippen molar-refractivity contribution < 1.29 is 9.59 Å². The largest absolute Gasteiger partial charge is 0.352 e. The summed E-state index contributed by atoms with van der Waals surface area (Å²) in [5.41, 5.74) is 5.04. The number of likely N-dealkylation sites (N-methyl/N-ethyl adjacent to an activating group) is 1. The average Bonchev–Trinajstić information content (AvgIpc) is 2.14. The lowest BCUT2D eigenvalue weighted by Gasteiger charge is -2.28. The van der Waals surface area contributed by atoms with Gasteiger partial charge in [0.05, 0.1) is 12.1 Å². The number of carbonyl (C=O) groups is 2. The minimum absolute atomic E-state index is 0. The van der Waals surface area contributed by atoms with Gasteiger partial charge in [0.15, 0.2) is 0 Å². The summed E-state index contributed by atoms with van der Waals surface area (Å²) in [5, 5.41) is 2.74. The van der Waals surface area contributed by atoms with Crippen molar-refractivity contribution in [1.29, 1.82) is 0 Å². The molecule has 0 aromatic carbocycles. The standard InChI is InChI=1S/C12H25N3O2.ClH/c1-6-7-12(4,13)11(17)15(5)8-10(16)14-9(2)3;/h9H,6-8,13H2,1-5H3,(H,14,16);1H. The van der Waals surface area contributed by atoms with E-state index in [1.54, 1.807) is 14.0 Å². The molecular weight excluding hydrogens is 254 g/mol. The Morgan fingerprint density at radius 3 is 2.28 bits per heavy atom. The molecular formula is C12H26ClN3O2. The van der Waals surface area contributed by atoms with E-state index in [9.17, 15) is 9.59 Å². The fraction of sp³-hybridized carbons (Fsp3) is 0.833. The van der Waals surface area contributed by atoms with Crippen LogP contribution in [-0.4, -0.2) is 41.9 Å². The summed E-state index contributed by atoms with van der Waals surface area (Å²) < 4.78 is 0. The lowest BCUT2D eigenvalue weighted by atomic mass is 9.96. The Morgan fingerprint density at radius 1 is 1.39 bits per heavy atom. The van der Waals surface area contributed by atoms with Crippen LogP contribution in [0.5, 0.6) is 0 Å². The smallest absolute Gasteiger partial charge is 0.242 e. The van der Waals surface area contributed by atoms with E-state index in [2.05, 4.69) is 5.32 Å². The Labute approximate surface area is 116 Å². The Kier molecular flexibility index (Phi) is 9.03. The quantitative estimate of drug-likeness (QED) is 0.759. The van der Waals surface area contributed by atoms with Crippen LogP contribution in [0.25, 0.3) is 0 Å². The average molecular weight is 280 g/mol. The highest BCUT2D eigenvalue weighted by atomic mass is 35.5. The summed E-state index contributed by atoms with van der Waals surface area (Å²) in [6, 6.07) is 0.0749. The molecule has 0 rings (SSSR count). The zero-order chi connectivity index (χ0) is 13.6. The summed E-state index contributed by atoms with van der Waals surface area (Å²) in [5.74, 6) is -0.360. The van der Waals surface area contributed by atoms with Crippen LogP contribution in [0.4, 0.5) is 0 Å². The van der Waals surface area contributed by atoms with Crippen molar-refractivity contribution >= 4 is 24.2 Å². The van der Waals surface area contributed by atoms with E-state index < -0.39 is 5.54 Å². The molecule has 0 fully saturated rings. The van der Waals surface area contributed by atoms with Crippen molar-refractivity contribution in [2.45, 2.75) is 52.1 Å².